The minimum atomic E-state index is -1.26. The summed E-state index contributed by atoms with van der Waals surface area (Å²) in [4.78, 5) is 26.0. The van der Waals surface area contributed by atoms with E-state index < -0.39 is 11.5 Å². The van der Waals surface area contributed by atoms with Crippen molar-refractivity contribution in [3.63, 3.8) is 0 Å². The van der Waals surface area contributed by atoms with Crippen LogP contribution in [-0.4, -0.2) is 66.3 Å². The van der Waals surface area contributed by atoms with Gasteiger partial charge < -0.3 is 19.6 Å². The normalized spacial score (nSPS) is 10.9. The molecule has 0 aliphatic heterocycles. The van der Waals surface area contributed by atoms with Crippen molar-refractivity contribution in [2.45, 2.75) is 19.4 Å². The van der Waals surface area contributed by atoms with E-state index in [0.717, 1.165) is 0 Å². The highest BCUT2D eigenvalue weighted by molar-refractivity contribution is 5.85. The molecule has 0 aromatic rings. The smallest absolute Gasteiger partial charge is 0.329 e. The number of rotatable bonds is 7. The molecule has 0 aromatic carbocycles. The highest BCUT2D eigenvalue weighted by atomic mass is 16.5. The van der Waals surface area contributed by atoms with Gasteiger partial charge in [-0.1, -0.05) is 6.08 Å². The topological polar surface area (TPSA) is 70.1 Å². The third-order valence-electron chi connectivity index (χ3n) is 2.83. The first-order chi connectivity index (χ1) is 8.28. The van der Waals surface area contributed by atoms with Gasteiger partial charge in [0.15, 0.2) is 0 Å². The standard InChI is InChI=1S/C12H22N2O4/c1-6-7-14(8-9-18-5)11(17)13(4)12(2,3)10(15)16/h6H,1,7-9H2,2-5H3,(H,15,16). The summed E-state index contributed by atoms with van der Waals surface area (Å²) in [5, 5.41) is 9.09. The van der Waals surface area contributed by atoms with Crippen LogP contribution in [0, 0.1) is 0 Å². The Kier molecular flexibility index (Phi) is 6.40. The molecule has 0 aromatic heterocycles. The fourth-order valence-corrected chi connectivity index (χ4v) is 1.22. The highest BCUT2D eigenvalue weighted by Gasteiger charge is 2.36. The molecule has 0 heterocycles. The van der Waals surface area contributed by atoms with E-state index in [4.69, 9.17) is 9.84 Å². The molecule has 0 fully saturated rings. The molecule has 1 N–H and O–H groups in total. The minimum Gasteiger partial charge on any atom is -0.480 e. The second-order valence-corrected chi connectivity index (χ2v) is 4.43. The Balaban J connectivity index is 4.85. The molecule has 0 atom stereocenters. The first kappa shape index (κ1) is 16.4. The van der Waals surface area contributed by atoms with Gasteiger partial charge in [0.25, 0.3) is 0 Å². The van der Waals surface area contributed by atoms with E-state index in [2.05, 4.69) is 6.58 Å². The van der Waals surface area contributed by atoms with Crippen LogP contribution in [0.25, 0.3) is 0 Å². The maximum absolute atomic E-state index is 12.2. The lowest BCUT2D eigenvalue weighted by Crippen LogP contribution is -2.55. The Morgan fingerprint density at radius 1 is 1.44 bits per heavy atom. The van der Waals surface area contributed by atoms with Gasteiger partial charge in [0.1, 0.15) is 5.54 Å². The molecule has 0 bridgehead atoms. The second-order valence-electron chi connectivity index (χ2n) is 4.43. The number of carbonyl (C=O) groups excluding carboxylic acids is 1. The third kappa shape index (κ3) is 4.03. The first-order valence-corrected chi connectivity index (χ1v) is 5.65. The number of ether oxygens (including phenoxy) is 1. The minimum absolute atomic E-state index is 0.349. The molecule has 0 aliphatic carbocycles. The third-order valence-corrected chi connectivity index (χ3v) is 2.83. The van der Waals surface area contributed by atoms with Crippen molar-refractivity contribution in [1.29, 1.82) is 0 Å². The summed E-state index contributed by atoms with van der Waals surface area (Å²) in [5.74, 6) is -1.05. The van der Waals surface area contributed by atoms with Crippen LogP contribution in [0.5, 0.6) is 0 Å². The fourth-order valence-electron chi connectivity index (χ4n) is 1.22. The molecule has 104 valence electrons. The predicted molar refractivity (Wildman–Crippen MR) is 68.5 cm³/mol. The SMILES string of the molecule is C=CCN(CCOC)C(=O)N(C)C(C)(C)C(=O)O. The number of amides is 2. The predicted octanol–water partition coefficient (Wildman–Crippen LogP) is 1.04. The van der Waals surface area contributed by atoms with Crippen molar-refractivity contribution >= 4 is 12.0 Å². The quantitative estimate of drug-likeness (QED) is 0.693. The van der Waals surface area contributed by atoms with Crippen LogP contribution in [0.2, 0.25) is 0 Å². The number of likely N-dealkylation sites (N-methyl/N-ethyl adjacent to an activating group) is 1. The molecule has 0 spiro atoms. The molecule has 2 amide bonds. The Morgan fingerprint density at radius 2 is 2.00 bits per heavy atom. The summed E-state index contributed by atoms with van der Waals surface area (Å²) in [6, 6.07) is -0.362. The van der Waals surface area contributed by atoms with E-state index in [1.807, 2.05) is 0 Å². The molecule has 0 unspecified atom stereocenters. The van der Waals surface area contributed by atoms with Gasteiger partial charge in [0, 0.05) is 27.2 Å². The molecule has 0 saturated heterocycles. The Morgan fingerprint density at radius 3 is 2.39 bits per heavy atom. The number of carboxylic acids is 1. The number of aliphatic carboxylic acids is 1. The Labute approximate surface area is 108 Å². The number of hydrogen-bond donors (Lipinski definition) is 1. The number of methoxy groups -OCH3 is 1. The van der Waals surface area contributed by atoms with Crippen LogP contribution >= 0.6 is 0 Å². The first-order valence-electron chi connectivity index (χ1n) is 5.65. The van der Waals surface area contributed by atoms with Crippen molar-refractivity contribution in [2.75, 3.05) is 33.9 Å². The van der Waals surface area contributed by atoms with Gasteiger partial charge in [-0.05, 0) is 13.8 Å². The molecule has 0 radical (unpaired) electrons. The van der Waals surface area contributed by atoms with Crippen molar-refractivity contribution < 1.29 is 19.4 Å². The second kappa shape index (κ2) is 7.00. The van der Waals surface area contributed by atoms with E-state index in [1.54, 1.807) is 13.2 Å². The largest absolute Gasteiger partial charge is 0.480 e. The van der Waals surface area contributed by atoms with Gasteiger partial charge in [-0.25, -0.2) is 9.59 Å². The summed E-state index contributed by atoms with van der Waals surface area (Å²) in [6.07, 6.45) is 1.59. The van der Waals surface area contributed by atoms with Crippen molar-refractivity contribution in [1.82, 2.24) is 9.80 Å². The van der Waals surface area contributed by atoms with Crippen molar-refractivity contribution in [3.05, 3.63) is 12.7 Å². The lowest BCUT2D eigenvalue weighted by molar-refractivity contribution is -0.147. The molecule has 0 saturated carbocycles. The summed E-state index contributed by atoms with van der Waals surface area (Å²) in [5.41, 5.74) is -1.26. The molecule has 6 heteroatoms. The number of carboxylic acid groups (broad SMARTS) is 1. The van der Waals surface area contributed by atoms with Crippen LogP contribution in [0.4, 0.5) is 4.79 Å². The molecule has 6 nitrogen and oxygen atoms in total. The van der Waals surface area contributed by atoms with Crippen LogP contribution in [0.1, 0.15) is 13.8 Å². The fraction of sp³-hybridized carbons (Fsp3) is 0.667. The summed E-state index contributed by atoms with van der Waals surface area (Å²) in [6.45, 7) is 7.67. The summed E-state index contributed by atoms with van der Waals surface area (Å²) >= 11 is 0. The monoisotopic (exact) mass is 258 g/mol. The Hall–Kier alpha value is -1.56. The van der Waals surface area contributed by atoms with Gasteiger partial charge in [-0.3, -0.25) is 0 Å². The van der Waals surface area contributed by atoms with Gasteiger partial charge in [-0.15, -0.1) is 6.58 Å². The van der Waals surface area contributed by atoms with Gasteiger partial charge >= 0.3 is 12.0 Å². The summed E-state index contributed by atoms with van der Waals surface area (Å²) < 4.78 is 4.92. The molecular formula is C12H22N2O4. The van der Waals surface area contributed by atoms with Gasteiger partial charge in [-0.2, -0.15) is 0 Å². The van der Waals surface area contributed by atoms with E-state index in [9.17, 15) is 9.59 Å². The lowest BCUT2D eigenvalue weighted by Gasteiger charge is -2.35. The zero-order valence-electron chi connectivity index (χ0n) is 11.5. The van der Waals surface area contributed by atoms with Crippen molar-refractivity contribution in [2.24, 2.45) is 0 Å². The number of urea groups is 1. The average molecular weight is 258 g/mol. The van der Waals surface area contributed by atoms with E-state index in [1.165, 1.54) is 30.7 Å². The molecular weight excluding hydrogens is 236 g/mol. The molecule has 18 heavy (non-hydrogen) atoms. The lowest BCUT2D eigenvalue weighted by atomic mass is 10.0. The van der Waals surface area contributed by atoms with Gasteiger partial charge in [0.2, 0.25) is 0 Å². The van der Waals surface area contributed by atoms with Crippen LogP contribution in [-0.2, 0) is 9.53 Å². The zero-order chi connectivity index (χ0) is 14.3. The van der Waals surface area contributed by atoms with E-state index in [0.29, 0.717) is 19.7 Å². The van der Waals surface area contributed by atoms with Crippen LogP contribution in [0.3, 0.4) is 0 Å². The number of hydrogen-bond acceptors (Lipinski definition) is 3. The van der Waals surface area contributed by atoms with Crippen LogP contribution in [0.15, 0.2) is 12.7 Å². The van der Waals surface area contributed by atoms with Gasteiger partial charge in [0.05, 0.1) is 6.61 Å². The zero-order valence-corrected chi connectivity index (χ0v) is 11.5. The van der Waals surface area contributed by atoms with Crippen molar-refractivity contribution in [3.8, 4) is 0 Å². The molecule has 0 rings (SSSR count). The maximum Gasteiger partial charge on any atom is 0.329 e. The van der Waals surface area contributed by atoms with E-state index >= 15 is 0 Å². The van der Waals surface area contributed by atoms with Crippen LogP contribution < -0.4 is 0 Å². The molecule has 0 aliphatic rings. The number of carbonyl (C=O) groups is 2. The average Bonchev–Trinajstić information content (AvgIpc) is 2.32. The maximum atomic E-state index is 12.2. The Bertz CT molecular complexity index is 315. The number of nitrogens with zero attached hydrogens (tertiary/aromatic N) is 2. The summed E-state index contributed by atoms with van der Waals surface area (Å²) in [7, 11) is 3.01. The highest BCUT2D eigenvalue weighted by Crippen LogP contribution is 2.14. The van der Waals surface area contributed by atoms with E-state index in [-0.39, 0.29) is 6.03 Å².